The first-order valence-electron chi connectivity index (χ1n) is 8.70. The summed E-state index contributed by atoms with van der Waals surface area (Å²) in [6.07, 6.45) is 0. The number of anilines is 2. The summed E-state index contributed by atoms with van der Waals surface area (Å²) in [5.74, 6) is 0.0342. The molecule has 0 bridgehead atoms. The van der Waals surface area contributed by atoms with Crippen molar-refractivity contribution < 1.29 is 13.2 Å². The molecule has 3 aromatic rings. The highest BCUT2D eigenvalue weighted by atomic mass is 35.5. The van der Waals surface area contributed by atoms with Crippen molar-refractivity contribution in [3.8, 4) is 0 Å². The summed E-state index contributed by atoms with van der Waals surface area (Å²) in [4.78, 5) is 13.1. The summed E-state index contributed by atoms with van der Waals surface area (Å²) < 4.78 is 27.4. The van der Waals surface area contributed by atoms with Gasteiger partial charge < -0.3 is 5.32 Å². The van der Waals surface area contributed by atoms with Gasteiger partial charge in [0.1, 0.15) is 0 Å². The third kappa shape index (κ3) is 6.00. The molecule has 0 aliphatic carbocycles. The van der Waals surface area contributed by atoms with E-state index >= 15 is 0 Å². The molecule has 0 heterocycles. The van der Waals surface area contributed by atoms with Crippen molar-refractivity contribution in [3.05, 3.63) is 83.4 Å². The van der Waals surface area contributed by atoms with Crippen LogP contribution in [0.4, 0.5) is 11.4 Å². The summed E-state index contributed by atoms with van der Waals surface area (Å²) >= 11 is 7.38. The lowest BCUT2D eigenvalue weighted by molar-refractivity contribution is -0.113. The van der Waals surface area contributed by atoms with Crippen LogP contribution in [-0.4, -0.2) is 20.1 Å². The molecule has 0 unspecified atom stereocenters. The molecule has 0 aliphatic heterocycles. The van der Waals surface area contributed by atoms with E-state index in [0.717, 1.165) is 10.5 Å². The van der Waals surface area contributed by atoms with Gasteiger partial charge in [0, 0.05) is 10.6 Å². The number of para-hydroxylation sites is 1. The molecule has 29 heavy (non-hydrogen) atoms. The molecule has 150 valence electrons. The highest BCUT2D eigenvalue weighted by Crippen LogP contribution is 2.24. The molecule has 3 rings (SSSR count). The average Bonchev–Trinajstić information content (AvgIpc) is 2.69. The molecule has 0 fully saturated rings. The van der Waals surface area contributed by atoms with Crippen LogP contribution in [0.5, 0.6) is 0 Å². The molecule has 0 radical (unpaired) electrons. The first-order valence-corrected chi connectivity index (χ1v) is 11.5. The maximum absolute atomic E-state index is 12.4. The van der Waals surface area contributed by atoms with Crippen LogP contribution >= 0.6 is 23.4 Å². The Bertz CT molecular complexity index is 1100. The van der Waals surface area contributed by atoms with Crippen LogP contribution in [0.25, 0.3) is 0 Å². The zero-order valence-corrected chi connectivity index (χ0v) is 17.9. The van der Waals surface area contributed by atoms with Crippen molar-refractivity contribution in [2.45, 2.75) is 16.7 Å². The Hall–Kier alpha value is -2.48. The Morgan fingerprint density at radius 3 is 2.28 bits per heavy atom. The Morgan fingerprint density at radius 2 is 1.62 bits per heavy atom. The van der Waals surface area contributed by atoms with E-state index in [1.165, 1.54) is 11.8 Å². The Kier molecular flexibility index (Phi) is 6.84. The van der Waals surface area contributed by atoms with Gasteiger partial charge in [0.25, 0.3) is 10.0 Å². The van der Waals surface area contributed by atoms with Gasteiger partial charge in [-0.1, -0.05) is 41.4 Å². The van der Waals surface area contributed by atoms with E-state index < -0.39 is 10.0 Å². The average molecular weight is 447 g/mol. The van der Waals surface area contributed by atoms with Crippen molar-refractivity contribution in [2.24, 2.45) is 0 Å². The van der Waals surface area contributed by atoms with E-state index in [4.69, 9.17) is 11.6 Å². The number of carbonyl (C=O) groups excluding carboxylic acids is 1. The van der Waals surface area contributed by atoms with Gasteiger partial charge in [-0.05, 0) is 55.5 Å². The monoisotopic (exact) mass is 446 g/mol. The number of rotatable bonds is 7. The third-order valence-corrected chi connectivity index (χ3v) is 6.69. The van der Waals surface area contributed by atoms with Crippen molar-refractivity contribution in [3.63, 3.8) is 0 Å². The minimum absolute atomic E-state index is 0.174. The SMILES string of the molecule is Cc1ccc(S(=O)(=O)Nc2ccc(SCC(=O)Nc3ccccc3Cl)cc2)cc1. The summed E-state index contributed by atoms with van der Waals surface area (Å²) in [6, 6.07) is 20.5. The quantitative estimate of drug-likeness (QED) is 0.490. The molecular weight excluding hydrogens is 428 g/mol. The largest absolute Gasteiger partial charge is 0.324 e. The lowest BCUT2D eigenvalue weighted by atomic mass is 10.2. The minimum Gasteiger partial charge on any atom is -0.324 e. The first kappa shape index (κ1) is 21.2. The van der Waals surface area contributed by atoms with Gasteiger partial charge >= 0.3 is 0 Å². The number of sulfonamides is 1. The lowest BCUT2D eigenvalue weighted by Crippen LogP contribution is -2.14. The summed E-state index contributed by atoms with van der Waals surface area (Å²) in [5, 5.41) is 3.24. The number of aryl methyl sites for hydroxylation is 1. The number of amides is 1. The molecule has 0 spiro atoms. The number of carbonyl (C=O) groups is 1. The van der Waals surface area contributed by atoms with E-state index in [-0.39, 0.29) is 16.6 Å². The number of hydrogen-bond donors (Lipinski definition) is 2. The van der Waals surface area contributed by atoms with Crippen LogP contribution < -0.4 is 10.0 Å². The highest BCUT2D eigenvalue weighted by molar-refractivity contribution is 8.00. The molecule has 5 nitrogen and oxygen atoms in total. The van der Waals surface area contributed by atoms with Crippen molar-refractivity contribution in [2.75, 3.05) is 15.8 Å². The molecule has 3 aromatic carbocycles. The van der Waals surface area contributed by atoms with Crippen LogP contribution in [0.15, 0.2) is 82.6 Å². The number of halogens is 1. The predicted molar refractivity (Wildman–Crippen MR) is 119 cm³/mol. The zero-order valence-electron chi connectivity index (χ0n) is 15.6. The van der Waals surface area contributed by atoms with Gasteiger partial charge in [-0.25, -0.2) is 8.42 Å². The number of thioether (sulfide) groups is 1. The van der Waals surface area contributed by atoms with Crippen LogP contribution in [0.2, 0.25) is 5.02 Å². The highest BCUT2D eigenvalue weighted by Gasteiger charge is 2.14. The number of nitrogens with one attached hydrogen (secondary N) is 2. The van der Waals surface area contributed by atoms with E-state index in [9.17, 15) is 13.2 Å². The van der Waals surface area contributed by atoms with Gasteiger partial charge in [0.15, 0.2) is 0 Å². The second kappa shape index (κ2) is 9.35. The molecular formula is C21H19ClN2O3S2. The van der Waals surface area contributed by atoms with E-state index in [2.05, 4.69) is 10.0 Å². The molecule has 8 heteroatoms. The normalized spacial score (nSPS) is 11.1. The summed E-state index contributed by atoms with van der Waals surface area (Å²) in [6.45, 7) is 1.90. The van der Waals surface area contributed by atoms with Crippen LogP contribution in [-0.2, 0) is 14.8 Å². The summed E-state index contributed by atoms with van der Waals surface area (Å²) in [7, 11) is -3.64. The van der Waals surface area contributed by atoms with Crippen molar-refractivity contribution in [1.29, 1.82) is 0 Å². The Balaban J connectivity index is 1.56. The fourth-order valence-corrected chi connectivity index (χ4v) is 4.39. The first-order chi connectivity index (χ1) is 13.8. The van der Waals surface area contributed by atoms with Gasteiger partial charge in [-0.15, -0.1) is 11.8 Å². The number of benzene rings is 3. The molecule has 0 saturated carbocycles. The maximum Gasteiger partial charge on any atom is 0.261 e. The molecule has 1 amide bonds. The standard InChI is InChI=1S/C21H19ClN2O3S2/c1-15-6-12-18(13-7-15)29(26,27)24-16-8-10-17(11-9-16)28-14-21(25)23-20-5-3-2-4-19(20)22/h2-13,24H,14H2,1H3,(H,23,25). The van der Waals surface area contributed by atoms with E-state index in [0.29, 0.717) is 16.4 Å². The van der Waals surface area contributed by atoms with E-state index in [1.807, 2.05) is 6.92 Å². The van der Waals surface area contributed by atoms with Crippen LogP contribution in [0, 0.1) is 6.92 Å². The van der Waals surface area contributed by atoms with Gasteiger partial charge in [-0.3, -0.25) is 9.52 Å². The van der Waals surface area contributed by atoms with Gasteiger partial charge in [-0.2, -0.15) is 0 Å². The van der Waals surface area contributed by atoms with Crippen LogP contribution in [0.1, 0.15) is 5.56 Å². The molecule has 0 atom stereocenters. The van der Waals surface area contributed by atoms with Crippen LogP contribution in [0.3, 0.4) is 0 Å². The molecule has 0 aromatic heterocycles. The fourth-order valence-electron chi connectivity index (χ4n) is 2.45. The third-order valence-electron chi connectivity index (χ3n) is 3.96. The van der Waals surface area contributed by atoms with Gasteiger partial charge in [0.2, 0.25) is 5.91 Å². The topological polar surface area (TPSA) is 75.3 Å². The van der Waals surface area contributed by atoms with E-state index in [1.54, 1.807) is 72.8 Å². The Labute approximate surface area is 179 Å². The predicted octanol–water partition coefficient (Wildman–Crippen LogP) is 5.18. The molecule has 0 saturated heterocycles. The van der Waals surface area contributed by atoms with Crippen molar-refractivity contribution in [1.82, 2.24) is 0 Å². The zero-order chi connectivity index (χ0) is 20.9. The maximum atomic E-state index is 12.4. The number of hydrogen-bond acceptors (Lipinski definition) is 4. The smallest absolute Gasteiger partial charge is 0.261 e. The van der Waals surface area contributed by atoms with Crippen molar-refractivity contribution >= 4 is 50.7 Å². The summed E-state index contributed by atoms with van der Waals surface area (Å²) in [5.41, 5.74) is 2.01. The lowest BCUT2D eigenvalue weighted by Gasteiger charge is -2.09. The Morgan fingerprint density at radius 1 is 0.966 bits per heavy atom. The molecule has 2 N–H and O–H groups in total. The second-order valence-electron chi connectivity index (χ2n) is 6.26. The molecule has 0 aliphatic rings. The minimum atomic E-state index is -3.64. The second-order valence-corrected chi connectivity index (χ2v) is 9.40. The van der Waals surface area contributed by atoms with Gasteiger partial charge in [0.05, 0.1) is 21.4 Å². The fraction of sp³-hybridized carbons (Fsp3) is 0.0952.